The number of nitrogens with one attached hydrogen (secondary N) is 1. The van der Waals surface area contributed by atoms with Crippen LogP contribution in [-0.4, -0.2) is 64.2 Å². The summed E-state index contributed by atoms with van der Waals surface area (Å²) >= 11 is 0. The Kier molecular flexibility index (Phi) is 7.93. The van der Waals surface area contributed by atoms with Gasteiger partial charge in [0.15, 0.2) is 11.6 Å². The predicted molar refractivity (Wildman–Crippen MR) is 156 cm³/mol. The molecule has 9 nitrogen and oxygen atoms in total. The smallest absolute Gasteiger partial charge is 0.471 e. The first-order chi connectivity index (χ1) is 21.8. The normalized spacial score (nSPS) is 22.2. The Morgan fingerprint density at radius 2 is 1.52 bits per heavy atom. The third kappa shape index (κ3) is 5.53. The fourth-order valence-electron chi connectivity index (χ4n) is 6.47. The molecule has 6 rings (SSSR count). The molecule has 46 heavy (non-hydrogen) atoms. The number of phenols is 2. The van der Waals surface area contributed by atoms with Gasteiger partial charge in [-0.3, -0.25) is 14.4 Å². The molecule has 1 saturated heterocycles. The average molecular weight is 636 g/mol. The molecular formula is C34H28F3NO8. The molecular weight excluding hydrogens is 607 g/mol. The van der Waals surface area contributed by atoms with Crippen LogP contribution in [0.15, 0.2) is 66.2 Å². The van der Waals surface area contributed by atoms with E-state index in [-0.39, 0.29) is 64.8 Å². The molecule has 0 saturated carbocycles. The Balaban J connectivity index is 1.24. The maximum Gasteiger partial charge on any atom is 0.471 e. The van der Waals surface area contributed by atoms with Crippen LogP contribution in [0.1, 0.15) is 73.1 Å². The molecule has 12 heteroatoms. The Morgan fingerprint density at radius 3 is 2.13 bits per heavy atom. The highest BCUT2D eigenvalue weighted by Gasteiger charge is 2.46. The molecule has 2 aliphatic carbocycles. The third-order valence-corrected chi connectivity index (χ3v) is 8.63. The number of carbonyl (C=O) groups is 4. The van der Waals surface area contributed by atoms with Gasteiger partial charge in [0.2, 0.25) is 0 Å². The van der Waals surface area contributed by atoms with E-state index in [1.54, 1.807) is 36.4 Å². The number of allylic oxidation sites excluding steroid dienone is 1. The summed E-state index contributed by atoms with van der Waals surface area (Å²) in [6.07, 6.45) is -6.07. The van der Waals surface area contributed by atoms with Crippen molar-refractivity contribution < 1.29 is 52.0 Å². The summed E-state index contributed by atoms with van der Waals surface area (Å²) in [7, 11) is 0. The topological polar surface area (TPSA) is 139 Å². The van der Waals surface area contributed by atoms with Crippen LogP contribution in [-0.2, 0) is 27.1 Å². The highest BCUT2D eigenvalue weighted by molar-refractivity contribution is 6.30. The second kappa shape index (κ2) is 11.8. The molecule has 1 amide bonds. The number of rotatable bonds is 5. The van der Waals surface area contributed by atoms with E-state index < -0.39 is 59.7 Å². The van der Waals surface area contributed by atoms with Crippen molar-refractivity contribution in [3.63, 3.8) is 0 Å². The van der Waals surface area contributed by atoms with Gasteiger partial charge in [-0.2, -0.15) is 13.2 Å². The largest absolute Gasteiger partial charge is 0.507 e. The SMILES string of the molecule is C[C@@H]1O[C@@H](CC2=CCc3c(O)c4c(c(O)c3C2)C(=O)c2ccccc2C4=O)C[C@H](NC(=O)C(F)(F)F)[C@@H]1OC(=O)c1ccccc1. The second-order valence-corrected chi connectivity index (χ2v) is 11.6. The van der Waals surface area contributed by atoms with E-state index in [1.165, 1.54) is 31.2 Å². The number of amides is 1. The average Bonchev–Trinajstić information content (AvgIpc) is 3.03. The van der Waals surface area contributed by atoms with Crippen LogP contribution in [0.3, 0.4) is 0 Å². The van der Waals surface area contributed by atoms with Crippen LogP contribution in [0.2, 0.25) is 0 Å². The molecule has 0 aromatic heterocycles. The van der Waals surface area contributed by atoms with Gasteiger partial charge in [0, 0.05) is 22.3 Å². The number of phenolic OH excluding ortho intramolecular Hbond substituents is 2. The summed E-state index contributed by atoms with van der Waals surface area (Å²) in [5.74, 6) is -4.93. The van der Waals surface area contributed by atoms with Gasteiger partial charge in [-0.25, -0.2) is 4.79 Å². The number of aromatic hydroxyl groups is 2. The monoisotopic (exact) mass is 635 g/mol. The summed E-state index contributed by atoms with van der Waals surface area (Å²) in [6.45, 7) is 1.53. The van der Waals surface area contributed by atoms with Crippen LogP contribution >= 0.6 is 0 Å². The molecule has 4 atom stereocenters. The summed E-state index contributed by atoms with van der Waals surface area (Å²) in [6, 6.07) is 12.8. The minimum atomic E-state index is -5.17. The van der Waals surface area contributed by atoms with E-state index in [0.717, 1.165) is 0 Å². The number of halogens is 3. The standard InChI is InChI=1S/C34H28F3NO8/c1-16-31(46-32(43)18-7-3-2-4-8-18)24(38-33(44)34(35,36)37)15-19(45-16)13-17-11-12-22-23(14-17)30(42)26-25(29(22)41)27(39)20-9-5-6-10-21(20)28(26)40/h2-11,16,19,24,31,41-42H,12-15H2,1H3,(H,38,44)/t16-,19-,24-,31+/m0/s1. The molecule has 0 bridgehead atoms. The lowest BCUT2D eigenvalue weighted by Gasteiger charge is -2.41. The van der Waals surface area contributed by atoms with Gasteiger partial charge in [0.1, 0.15) is 17.6 Å². The van der Waals surface area contributed by atoms with Crippen molar-refractivity contribution in [1.82, 2.24) is 5.32 Å². The maximum atomic E-state index is 13.3. The number of benzene rings is 3. The summed E-state index contributed by atoms with van der Waals surface area (Å²) in [4.78, 5) is 51.3. The molecule has 0 radical (unpaired) electrons. The van der Waals surface area contributed by atoms with Gasteiger partial charge in [-0.1, -0.05) is 54.1 Å². The summed E-state index contributed by atoms with van der Waals surface area (Å²) in [5, 5.41) is 24.4. The van der Waals surface area contributed by atoms with Crippen molar-refractivity contribution in [2.24, 2.45) is 0 Å². The molecule has 3 aromatic carbocycles. The van der Waals surface area contributed by atoms with E-state index in [0.29, 0.717) is 11.1 Å². The fraction of sp³-hybridized carbons (Fsp3) is 0.294. The van der Waals surface area contributed by atoms with E-state index in [1.807, 2.05) is 5.32 Å². The molecule has 1 heterocycles. The maximum absolute atomic E-state index is 13.3. The molecule has 1 fully saturated rings. The van der Waals surface area contributed by atoms with Gasteiger partial charge in [0.05, 0.1) is 34.9 Å². The van der Waals surface area contributed by atoms with Crippen LogP contribution in [0.4, 0.5) is 13.2 Å². The first kappa shape index (κ1) is 31.0. The molecule has 3 N–H and O–H groups in total. The number of carbonyl (C=O) groups excluding carboxylic acids is 4. The Bertz CT molecular complexity index is 1800. The van der Waals surface area contributed by atoms with Crippen molar-refractivity contribution in [2.75, 3.05) is 0 Å². The summed E-state index contributed by atoms with van der Waals surface area (Å²) < 4.78 is 51.3. The van der Waals surface area contributed by atoms with Crippen molar-refractivity contribution in [3.8, 4) is 11.5 Å². The highest BCUT2D eigenvalue weighted by Crippen LogP contribution is 2.46. The molecule has 0 unspecified atom stereocenters. The molecule has 1 aliphatic heterocycles. The Morgan fingerprint density at radius 1 is 0.935 bits per heavy atom. The lowest BCUT2D eigenvalue weighted by atomic mass is 9.77. The van der Waals surface area contributed by atoms with Gasteiger partial charge in [0.25, 0.3) is 0 Å². The Labute approximate surface area is 260 Å². The third-order valence-electron chi connectivity index (χ3n) is 8.63. The number of hydrogen-bond acceptors (Lipinski definition) is 8. The predicted octanol–water partition coefficient (Wildman–Crippen LogP) is 4.74. The number of alkyl halides is 3. The first-order valence-corrected chi connectivity index (χ1v) is 14.6. The van der Waals surface area contributed by atoms with Gasteiger partial charge < -0.3 is 25.0 Å². The zero-order valence-corrected chi connectivity index (χ0v) is 24.4. The van der Waals surface area contributed by atoms with E-state index in [9.17, 15) is 42.6 Å². The van der Waals surface area contributed by atoms with Crippen molar-refractivity contribution in [3.05, 3.63) is 105 Å². The Hall–Kier alpha value is -4.97. The van der Waals surface area contributed by atoms with Crippen LogP contribution in [0.25, 0.3) is 0 Å². The van der Waals surface area contributed by atoms with Crippen molar-refractivity contribution >= 4 is 23.4 Å². The zero-order chi connectivity index (χ0) is 32.9. The molecule has 0 spiro atoms. The quantitative estimate of drug-likeness (QED) is 0.162. The van der Waals surface area contributed by atoms with Gasteiger partial charge in [-0.15, -0.1) is 0 Å². The number of fused-ring (bicyclic) bond motifs is 3. The van der Waals surface area contributed by atoms with E-state index in [2.05, 4.69) is 0 Å². The minimum absolute atomic E-state index is 0.0609. The first-order valence-electron chi connectivity index (χ1n) is 14.6. The summed E-state index contributed by atoms with van der Waals surface area (Å²) in [5.41, 5.74) is 1.14. The second-order valence-electron chi connectivity index (χ2n) is 11.6. The van der Waals surface area contributed by atoms with Gasteiger partial charge >= 0.3 is 18.1 Å². The van der Waals surface area contributed by atoms with E-state index in [4.69, 9.17) is 9.47 Å². The molecule has 238 valence electrons. The minimum Gasteiger partial charge on any atom is -0.507 e. The lowest BCUT2D eigenvalue weighted by molar-refractivity contribution is -0.179. The van der Waals surface area contributed by atoms with Gasteiger partial charge in [-0.05, 0) is 44.7 Å². The van der Waals surface area contributed by atoms with Crippen molar-refractivity contribution in [2.45, 2.75) is 63.1 Å². The highest BCUT2D eigenvalue weighted by atomic mass is 19.4. The number of esters is 1. The fourth-order valence-corrected chi connectivity index (χ4v) is 6.47. The lowest BCUT2D eigenvalue weighted by Crippen LogP contribution is -2.58. The number of ether oxygens (including phenoxy) is 2. The number of ketones is 2. The number of hydrogen-bond donors (Lipinski definition) is 3. The molecule has 3 aromatic rings. The van der Waals surface area contributed by atoms with Crippen LogP contribution in [0, 0.1) is 0 Å². The van der Waals surface area contributed by atoms with Crippen LogP contribution < -0.4 is 5.32 Å². The van der Waals surface area contributed by atoms with Crippen molar-refractivity contribution in [1.29, 1.82) is 0 Å². The van der Waals surface area contributed by atoms with Crippen LogP contribution in [0.5, 0.6) is 11.5 Å². The zero-order valence-electron chi connectivity index (χ0n) is 24.4. The van der Waals surface area contributed by atoms with E-state index >= 15 is 0 Å². The molecule has 3 aliphatic rings.